The summed E-state index contributed by atoms with van der Waals surface area (Å²) < 4.78 is 28.7. The van der Waals surface area contributed by atoms with Crippen LogP contribution in [0.25, 0.3) is 0 Å². The van der Waals surface area contributed by atoms with E-state index in [0.29, 0.717) is 24.7 Å². The molecule has 0 radical (unpaired) electrons. The summed E-state index contributed by atoms with van der Waals surface area (Å²) in [6.07, 6.45) is -0.818. The van der Waals surface area contributed by atoms with Crippen molar-refractivity contribution in [3.63, 3.8) is 0 Å². The van der Waals surface area contributed by atoms with Crippen LogP contribution in [-0.4, -0.2) is 59.9 Å². The van der Waals surface area contributed by atoms with Gasteiger partial charge >= 0.3 is 18.0 Å². The Bertz CT molecular complexity index is 1460. The van der Waals surface area contributed by atoms with Crippen molar-refractivity contribution >= 4 is 18.0 Å². The van der Waals surface area contributed by atoms with E-state index in [9.17, 15) is 14.4 Å². The van der Waals surface area contributed by atoms with Crippen LogP contribution in [0.3, 0.4) is 0 Å². The average Bonchev–Trinajstić information content (AvgIpc) is 3.38. The van der Waals surface area contributed by atoms with E-state index in [1.807, 2.05) is 83.8 Å². The first-order chi connectivity index (χ1) is 22.0. The van der Waals surface area contributed by atoms with Gasteiger partial charge < -0.3 is 29.0 Å². The highest BCUT2D eigenvalue weighted by atomic mass is 16.6. The number of amides is 1. The zero-order valence-corrected chi connectivity index (χ0v) is 27.2. The van der Waals surface area contributed by atoms with Gasteiger partial charge in [0.15, 0.2) is 17.0 Å². The van der Waals surface area contributed by atoms with Gasteiger partial charge in [-0.25, -0.2) is 9.59 Å². The molecule has 1 fully saturated rings. The van der Waals surface area contributed by atoms with Gasteiger partial charge in [-0.1, -0.05) is 66.7 Å². The molecule has 0 bridgehead atoms. The van der Waals surface area contributed by atoms with Gasteiger partial charge in [-0.15, -0.1) is 0 Å². The van der Waals surface area contributed by atoms with Crippen molar-refractivity contribution in [2.75, 3.05) is 19.8 Å². The molecule has 0 aliphatic carbocycles. The summed E-state index contributed by atoms with van der Waals surface area (Å²) in [5, 5.41) is 2.74. The summed E-state index contributed by atoms with van der Waals surface area (Å²) in [5.41, 5.74) is 0.501. The third-order valence-electron chi connectivity index (χ3n) is 7.29. The van der Waals surface area contributed by atoms with Gasteiger partial charge in [-0.3, -0.25) is 9.69 Å². The predicted octanol–water partition coefficient (Wildman–Crippen LogP) is 5.81. The Hall–Kier alpha value is -4.57. The zero-order valence-electron chi connectivity index (χ0n) is 27.2. The van der Waals surface area contributed by atoms with Crippen LogP contribution < -0.4 is 14.8 Å². The average molecular weight is 633 g/mol. The standard InChI is InChI=1S/C36H44N2O8/c1-6-42-32(39)29-21-36(33(40)43-7-2,37-34(41)46-35(3,4)5)25-38(29)22-28-18-19-30(44-23-26-14-10-8-11-15-26)31(20-28)45-24-27-16-12-9-13-17-27/h8-20,29H,6-7,21-25H2,1-5H3,(H,37,41)/t29-,36-/m1/s1. The highest BCUT2D eigenvalue weighted by molar-refractivity contribution is 5.89. The molecule has 1 amide bonds. The maximum Gasteiger partial charge on any atom is 0.408 e. The first-order valence-electron chi connectivity index (χ1n) is 15.6. The van der Waals surface area contributed by atoms with E-state index in [2.05, 4.69) is 5.32 Å². The topological polar surface area (TPSA) is 113 Å². The van der Waals surface area contributed by atoms with E-state index in [-0.39, 0.29) is 32.7 Å². The van der Waals surface area contributed by atoms with E-state index < -0.39 is 35.2 Å². The molecule has 10 heteroatoms. The van der Waals surface area contributed by atoms with Crippen LogP contribution in [0.15, 0.2) is 78.9 Å². The van der Waals surface area contributed by atoms with Gasteiger partial charge in [-0.05, 0) is 63.4 Å². The maximum absolute atomic E-state index is 13.4. The molecular weight excluding hydrogens is 588 g/mol. The van der Waals surface area contributed by atoms with Gasteiger partial charge in [0.05, 0.1) is 13.2 Å². The van der Waals surface area contributed by atoms with E-state index in [4.69, 9.17) is 23.7 Å². The number of rotatable bonds is 13. The van der Waals surface area contributed by atoms with E-state index in [0.717, 1.165) is 16.7 Å². The predicted molar refractivity (Wildman–Crippen MR) is 172 cm³/mol. The monoisotopic (exact) mass is 632 g/mol. The molecule has 10 nitrogen and oxygen atoms in total. The highest BCUT2D eigenvalue weighted by Crippen LogP contribution is 2.35. The van der Waals surface area contributed by atoms with Crippen molar-refractivity contribution in [2.45, 2.75) is 78.0 Å². The van der Waals surface area contributed by atoms with E-state index >= 15 is 0 Å². The summed E-state index contributed by atoms with van der Waals surface area (Å²) in [6.45, 7) is 9.82. The van der Waals surface area contributed by atoms with Crippen molar-refractivity contribution in [3.05, 3.63) is 95.6 Å². The second kappa shape index (κ2) is 15.6. The molecule has 0 unspecified atom stereocenters. The fourth-order valence-electron chi connectivity index (χ4n) is 5.26. The van der Waals surface area contributed by atoms with E-state index in [1.54, 1.807) is 34.6 Å². The Morgan fingerprint density at radius 2 is 1.39 bits per heavy atom. The second-order valence-electron chi connectivity index (χ2n) is 12.1. The fraction of sp³-hybridized carbons (Fsp3) is 0.417. The van der Waals surface area contributed by atoms with Crippen molar-refractivity contribution in [1.82, 2.24) is 10.2 Å². The number of esters is 2. The Morgan fingerprint density at radius 1 is 0.804 bits per heavy atom. The molecule has 0 aromatic heterocycles. The number of hydrogen-bond donors (Lipinski definition) is 1. The molecule has 2 atom stereocenters. The van der Waals surface area contributed by atoms with Crippen molar-refractivity contribution in [3.8, 4) is 11.5 Å². The molecule has 3 aromatic rings. The van der Waals surface area contributed by atoms with Crippen molar-refractivity contribution in [1.29, 1.82) is 0 Å². The minimum absolute atomic E-state index is 0.00101. The van der Waals surface area contributed by atoms with Crippen LogP contribution in [0.2, 0.25) is 0 Å². The smallest absolute Gasteiger partial charge is 0.408 e. The fourth-order valence-corrected chi connectivity index (χ4v) is 5.26. The largest absolute Gasteiger partial charge is 0.485 e. The SMILES string of the molecule is CCOC(=O)[C@H]1C[C@](NC(=O)OC(C)(C)C)(C(=O)OCC)CN1Cc1ccc(OCc2ccccc2)c(OCc2ccccc2)c1. The lowest BCUT2D eigenvalue weighted by Crippen LogP contribution is -2.57. The molecule has 246 valence electrons. The zero-order chi connectivity index (χ0) is 33.2. The van der Waals surface area contributed by atoms with Crippen LogP contribution >= 0.6 is 0 Å². The highest BCUT2D eigenvalue weighted by Gasteiger charge is 2.54. The van der Waals surface area contributed by atoms with Gasteiger partial charge in [0.2, 0.25) is 0 Å². The minimum Gasteiger partial charge on any atom is -0.485 e. The first-order valence-corrected chi connectivity index (χ1v) is 15.6. The molecule has 1 saturated heterocycles. The Kier molecular flexibility index (Phi) is 11.7. The normalized spacial score (nSPS) is 18.0. The molecule has 1 heterocycles. The molecule has 1 aliphatic heterocycles. The molecule has 0 spiro atoms. The molecule has 3 aromatic carbocycles. The molecule has 1 aliphatic rings. The number of likely N-dealkylation sites (tertiary alicyclic amines) is 1. The molecule has 4 rings (SSSR count). The number of carbonyl (C=O) groups is 3. The number of nitrogens with zero attached hydrogens (tertiary/aromatic N) is 1. The number of benzene rings is 3. The third-order valence-corrected chi connectivity index (χ3v) is 7.29. The summed E-state index contributed by atoms with van der Waals surface area (Å²) in [6, 6.07) is 24.4. The number of hydrogen-bond acceptors (Lipinski definition) is 9. The first kappa shape index (κ1) is 34.3. The summed E-state index contributed by atoms with van der Waals surface area (Å²) >= 11 is 0. The number of alkyl carbamates (subject to hydrolysis) is 1. The van der Waals surface area contributed by atoms with Crippen LogP contribution in [-0.2, 0) is 43.6 Å². The van der Waals surface area contributed by atoms with Gasteiger partial charge in [-0.2, -0.15) is 0 Å². The van der Waals surface area contributed by atoms with Crippen molar-refractivity contribution in [2.24, 2.45) is 0 Å². The van der Waals surface area contributed by atoms with Crippen LogP contribution in [0.4, 0.5) is 4.79 Å². The van der Waals surface area contributed by atoms with Gasteiger partial charge in [0, 0.05) is 19.5 Å². The van der Waals surface area contributed by atoms with E-state index in [1.165, 1.54) is 0 Å². The van der Waals surface area contributed by atoms with Crippen LogP contribution in [0, 0.1) is 0 Å². The maximum atomic E-state index is 13.4. The quantitative estimate of drug-likeness (QED) is 0.184. The number of nitrogens with one attached hydrogen (secondary N) is 1. The lowest BCUT2D eigenvalue weighted by molar-refractivity contribution is -0.150. The second-order valence-corrected chi connectivity index (χ2v) is 12.1. The molecule has 0 saturated carbocycles. The van der Waals surface area contributed by atoms with Crippen LogP contribution in [0.5, 0.6) is 11.5 Å². The number of ether oxygens (including phenoxy) is 5. The minimum atomic E-state index is -1.53. The lowest BCUT2D eigenvalue weighted by Gasteiger charge is -2.30. The van der Waals surface area contributed by atoms with Gasteiger partial charge in [0.25, 0.3) is 0 Å². The third kappa shape index (κ3) is 9.47. The molecular formula is C36H44N2O8. The van der Waals surface area contributed by atoms with Crippen molar-refractivity contribution < 1.29 is 38.1 Å². The lowest BCUT2D eigenvalue weighted by atomic mass is 9.96. The Morgan fingerprint density at radius 3 is 1.96 bits per heavy atom. The van der Waals surface area contributed by atoms with Gasteiger partial charge in [0.1, 0.15) is 24.9 Å². The molecule has 1 N–H and O–H groups in total. The summed E-state index contributed by atoms with van der Waals surface area (Å²) in [5.74, 6) is -0.0377. The Balaban J connectivity index is 1.62. The summed E-state index contributed by atoms with van der Waals surface area (Å²) in [4.78, 5) is 41.4. The number of carbonyl (C=O) groups excluding carboxylic acids is 3. The van der Waals surface area contributed by atoms with Crippen LogP contribution in [0.1, 0.15) is 57.7 Å². The molecule has 46 heavy (non-hydrogen) atoms. The Labute approximate surface area is 270 Å². The summed E-state index contributed by atoms with van der Waals surface area (Å²) in [7, 11) is 0.